The number of aromatic carboxylic acids is 1. The van der Waals surface area contributed by atoms with Crippen LogP contribution in [-0.2, 0) is 11.2 Å². The zero-order chi connectivity index (χ0) is 24.4. The van der Waals surface area contributed by atoms with Gasteiger partial charge >= 0.3 is 5.97 Å². The van der Waals surface area contributed by atoms with Gasteiger partial charge in [0.2, 0.25) is 5.91 Å². The Kier molecular flexibility index (Phi) is 6.83. The summed E-state index contributed by atoms with van der Waals surface area (Å²) in [5.41, 5.74) is 1.66. The summed E-state index contributed by atoms with van der Waals surface area (Å²) < 4.78 is 5.76. The van der Waals surface area contributed by atoms with Crippen LogP contribution in [0.15, 0.2) is 48.5 Å². The minimum Gasteiger partial charge on any atom is -0.478 e. The molecule has 1 unspecified atom stereocenters. The lowest BCUT2D eigenvalue weighted by Gasteiger charge is -2.57. The van der Waals surface area contributed by atoms with Crippen LogP contribution in [0, 0.1) is 23.2 Å². The van der Waals surface area contributed by atoms with Gasteiger partial charge in [0, 0.05) is 6.54 Å². The van der Waals surface area contributed by atoms with E-state index in [4.69, 9.17) is 9.84 Å². The van der Waals surface area contributed by atoms with Crippen molar-refractivity contribution in [1.82, 2.24) is 5.32 Å². The van der Waals surface area contributed by atoms with Crippen molar-refractivity contribution in [2.45, 2.75) is 63.9 Å². The minimum absolute atomic E-state index is 0.215. The lowest BCUT2D eigenvalue weighted by molar-refractivity contribution is -0.130. The third-order valence-electron chi connectivity index (χ3n) is 8.39. The number of hydrogen-bond acceptors (Lipinski definition) is 4. The van der Waals surface area contributed by atoms with E-state index in [1.165, 1.54) is 50.7 Å². The Hall–Kier alpha value is -2.86. The van der Waals surface area contributed by atoms with Crippen LogP contribution in [0.25, 0.3) is 0 Å². The molecule has 0 aliphatic heterocycles. The molecule has 0 spiro atoms. The van der Waals surface area contributed by atoms with Crippen LogP contribution in [0.2, 0.25) is 0 Å². The van der Waals surface area contributed by atoms with Gasteiger partial charge in [0.15, 0.2) is 0 Å². The van der Waals surface area contributed by atoms with Gasteiger partial charge in [-0.05, 0) is 123 Å². The average Bonchev–Trinajstić information content (AvgIpc) is 2.83. The Morgan fingerprint density at radius 3 is 2.00 bits per heavy atom. The van der Waals surface area contributed by atoms with E-state index in [1.54, 1.807) is 12.1 Å². The van der Waals surface area contributed by atoms with E-state index in [0.29, 0.717) is 36.3 Å². The van der Waals surface area contributed by atoms with Crippen molar-refractivity contribution in [3.63, 3.8) is 0 Å². The second-order valence-corrected chi connectivity index (χ2v) is 11.1. The molecular formula is C29H35NO5. The zero-order valence-electron chi connectivity index (χ0n) is 20.1. The predicted octanol–water partition coefficient (Wildman–Crippen LogP) is 5.19. The van der Waals surface area contributed by atoms with Crippen LogP contribution in [0.5, 0.6) is 11.5 Å². The Balaban J connectivity index is 1.03. The van der Waals surface area contributed by atoms with Gasteiger partial charge in [0.25, 0.3) is 0 Å². The maximum absolute atomic E-state index is 12.5. The summed E-state index contributed by atoms with van der Waals surface area (Å²) in [6.45, 7) is 0.476. The number of carboxylic acids is 1. The van der Waals surface area contributed by atoms with E-state index in [2.05, 4.69) is 5.32 Å². The second-order valence-electron chi connectivity index (χ2n) is 11.1. The van der Waals surface area contributed by atoms with Gasteiger partial charge in [-0.1, -0.05) is 12.1 Å². The highest BCUT2D eigenvalue weighted by Crippen LogP contribution is 2.61. The minimum atomic E-state index is -0.969. The molecule has 0 radical (unpaired) electrons. The lowest BCUT2D eigenvalue weighted by Crippen LogP contribution is -2.46. The van der Waals surface area contributed by atoms with Crippen molar-refractivity contribution < 1.29 is 24.5 Å². The van der Waals surface area contributed by atoms with E-state index in [9.17, 15) is 14.7 Å². The molecule has 6 rings (SSSR count). The van der Waals surface area contributed by atoms with Gasteiger partial charge in [0.05, 0.1) is 5.56 Å². The van der Waals surface area contributed by atoms with Crippen LogP contribution in [0.1, 0.15) is 67.3 Å². The maximum Gasteiger partial charge on any atom is 0.335 e. The van der Waals surface area contributed by atoms with E-state index in [0.717, 1.165) is 29.7 Å². The molecule has 4 bridgehead atoms. The molecule has 4 saturated carbocycles. The summed E-state index contributed by atoms with van der Waals surface area (Å²) in [5.74, 6) is 2.66. The number of carbonyl (C=O) groups excluding carboxylic acids is 1. The van der Waals surface area contributed by atoms with Crippen LogP contribution >= 0.6 is 0 Å². The normalized spacial score (nSPS) is 27.4. The number of benzene rings is 2. The molecule has 6 nitrogen and oxygen atoms in total. The SMILES string of the molecule is O=C(O)c1ccc(Oc2ccc(CCNC(=O)C(O)CCC34CC5CC(CC(C5)C3)C4)cc2)cc1. The fourth-order valence-corrected chi connectivity index (χ4v) is 7.14. The molecule has 4 aliphatic rings. The molecular weight excluding hydrogens is 442 g/mol. The number of carbonyl (C=O) groups is 2. The van der Waals surface area contributed by atoms with Crippen molar-refractivity contribution in [1.29, 1.82) is 0 Å². The predicted molar refractivity (Wildman–Crippen MR) is 132 cm³/mol. The third kappa shape index (κ3) is 5.69. The highest BCUT2D eigenvalue weighted by Gasteiger charge is 2.50. The number of hydrogen-bond donors (Lipinski definition) is 3. The smallest absolute Gasteiger partial charge is 0.335 e. The fourth-order valence-electron chi connectivity index (χ4n) is 7.14. The molecule has 2 aromatic carbocycles. The van der Waals surface area contributed by atoms with Crippen LogP contribution < -0.4 is 10.1 Å². The number of aliphatic hydroxyl groups is 1. The molecule has 1 amide bonds. The summed E-state index contributed by atoms with van der Waals surface area (Å²) in [4.78, 5) is 23.4. The largest absolute Gasteiger partial charge is 0.478 e. The molecule has 3 N–H and O–H groups in total. The van der Waals surface area contributed by atoms with Gasteiger partial charge in [-0.25, -0.2) is 4.79 Å². The van der Waals surface area contributed by atoms with Crippen LogP contribution in [0.3, 0.4) is 0 Å². The molecule has 0 heterocycles. The summed E-state index contributed by atoms with van der Waals surface area (Å²) in [7, 11) is 0. The molecule has 186 valence electrons. The standard InChI is InChI=1S/C29H35NO5/c31-26(9-11-29-16-20-13-21(17-29)15-22(14-20)18-29)27(32)30-12-10-19-1-5-24(6-2-19)35-25-7-3-23(4-8-25)28(33)34/h1-8,20-22,26,31H,9-18H2,(H,30,32)(H,33,34). The number of aliphatic hydroxyl groups excluding tert-OH is 1. The van der Waals surface area contributed by atoms with Crippen LogP contribution in [-0.4, -0.2) is 34.7 Å². The first-order valence-corrected chi connectivity index (χ1v) is 12.9. The summed E-state index contributed by atoms with van der Waals surface area (Å²) in [6.07, 6.45) is 9.44. The van der Waals surface area contributed by atoms with Gasteiger partial charge in [-0.15, -0.1) is 0 Å². The van der Waals surface area contributed by atoms with Crippen molar-refractivity contribution in [2.24, 2.45) is 23.2 Å². The summed E-state index contributed by atoms with van der Waals surface area (Å²) in [5, 5.41) is 22.3. The van der Waals surface area contributed by atoms with E-state index in [1.807, 2.05) is 24.3 Å². The van der Waals surface area contributed by atoms with E-state index in [-0.39, 0.29) is 11.5 Å². The number of nitrogens with one attached hydrogen (secondary N) is 1. The number of rotatable bonds is 10. The van der Waals surface area contributed by atoms with E-state index < -0.39 is 12.1 Å². The molecule has 2 aromatic rings. The van der Waals surface area contributed by atoms with Crippen molar-refractivity contribution in [3.05, 3.63) is 59.7 Å². The molecule has 4 fully saturated rings. The van der Waals surface area contributed by atoms with Gasteiger partial charge in [-0.3, -0.25) is 4.79 Å². The number of carboxylic acid groups (broad SMARTS) is 1. The van der Waals surface area contributed by atoms with Gasteiger partial charge in [-0.2, -0.15) is 0 Å². The summed E-state index contributed by atoms with van der Waals surface area (Å²) in [6, 6.07) is 13.8. The molecule has 35 heavy (non-hydrogen) atoms. The van der Waals surface area contributed by atoms with Gasteiger partial charge < -0.3 is 20.3 Å². The first kappa shape index (κ1) is 23.9. The molecule has 0 saturated heterocycles. The lowest BCUT2D eigenvalue weighted by atomic mass is 9.48. The third-order valence-corrected chi connectivity index (χ3v) is 8.39. The summed E-state index contributed by atoms with van der Waals surface area (Å²) >= 11 is 0. The maximum atomic E-state index is 12.5. The molecule has 0 aromatic heterocycles. The Labute approximate surface area is 206 Å². The zero-order valence-corrected chi connectivity index (χ0v) is 20.1. The fraction of sp³-hybridized carbons (Fsp3) is 0.517. The Bertz CT molecular complexity index is 1010. The monoisotopic (exact) mass is 477 g/mol. The van der Waals surface area contributed by atoms with E-state index >= 15 is 0 Å². The molecule has 6 heteroatoms. The first-order valence-electron chi connectivity index (χ1n) is 12.9. The molecule has 1 atom stereocenters. The highest BCUT2D eigenvalue weighted by molar-refractivity contribution is 5.87. The van der Waals surface area contributed by atoms with Crippen molar-refractivity contribution in [2.75, 3.05) is 6.54 Å². The Morgan fingerprint density at radius 2 is 1.46 bits per heavy atom. The van der Waals surface area contributed by atoms with Crippen molar-refractivity contribution in [3.8, 4) is 11.5 Å². The van der Waals surface area contributed by atoms with Crippen molar-refractivity contribution >= 4 is 11.9 Å². The van der Waals surface area contributed by atoms with Crippen LogP contribution in [0.4, 0.5) is 0 Å². The second kappa shape index (κ2) is 10.0. The van der Waals surface area contributed by atoms with Gasteiger partial charge in [0.1, 0.15) is 17.6 Å². The number of amides is 1. The average molecular weight is 478 g/mol. The Morgan fingerprint density at radius 1 is 0.914 bits per heavy atom. The number of ether oxygens (including phenoxy) is 1. The quantitative estimate of drug-likeness (QED) is 0.437. The first-order chi connectivity index (χ1) is 16.9. The topological polar surface area (TPSA) is 95.9 Å². The molecule has 4 aliphatic carbocycles. The highest BCUT2D eigenvalue weighted by atomic mass is 16.5.